The lowest BCUT2D eigenvalue weighted by molar-refractivity contribution is -0.127. The molecule has 0 aromatic heterocycles. The van der Waals surface area contributed by atoms with Gasteiger partial charge >= 0.3 is 0 Å². The van der Waals surface area contributed by atoms with Gasteiger partial charge in [-0.05, 0) is 32.7 Å². The monoisotopic (exact) mass is 258 g/mol. The van der Waals surface area contributed by atoms with E-state index in [-0.39, 0.29) is 5.91 Å². The molecule has 0 bridgehead atoms. The zero-order chi connectivity index (χ0) is 14.7. The molecule has 0 saturated carbocycles. The molecule has 0 heterocycles. The highest BCUT2D eigenvalue weighted by molar-refractivity contribution is 5.72. The second kappa shape index (κ2) is 11.5. The number of nitrogens with zero attached hydrogens (tertiary/aromatic N) is 2. The summed E-state index contributed by atoms with van der Waals surface area (Å²) in [7, 11) is 3.99. The SMILES string of the molecule is CC.CC(=O)N(C)CCN(C)C(C)CCC(C)C. The molecule has 3 nitrogen and oxygen atoms in total. The molecule has 3 heteroatoms. The van der Waals surface area contributed by atoms with Gasteiger partial charge in [-0.1, -0.05) is 27.7 Å². The van der Waals surface area contributed by atoms with Gasteiger partial charge in [0.25, 0.3) is 0 Å². The van der Waals surface area contributed by atoms with Crippen molar-refractivity contribution in [3.05, 3.63) is 0 Å². The number of carbonyl (C=O) groups is 1. The summed E-state index contributed by atoms with van der Waals surface area (Å²) in [4.78, 5) is 15.2. The molecule has 0 spiro atoms. The van der Waals surface area contributed by atoms with Gasteiger partial charge < -0.3 is 9.80 Å². The second-order valence-corrected chi connectivity index (χ2v) is 5.24. The zero-order valence-electron chi connectivity index (χ0n) is 13.8. The van der Waals surface area contributed by atoms with Gasteiger partial charge in [-0.25, -0.2) is 0 Å². The number of hydrogen-bond donors (Lipinski definition) is 0. The van der Waals surface area contributed by atoms with Crippen LogP contribution in [-0.4, -0.2) is 48.9 Å². The fraction of sp³-hybridized carbons (Fsp3) is 0.933. The average molecular weight is 258 g/mol. The third-order valence-electron chi connectivity index (χ3n) is 3.24. The van der Waals surface area contributed by atoms with E-state index in [9.17, 15) is 4.79 Å². The minimum atomic E-state index is 0.142. The first-order valence-electron chi connectivity index (χ1n) is 7.26. The van der Waals surface area contributed by atoms with E-state index in [1.807, 2.05) is 20.9 Å². The first-order valence-corrected chi connectivity index (χ1v) is 7.26. The molecule has 0 fully saturated rings. The van der Waals surface area contributed by atoms with Gasteiger partial charge in [0, 0.05) is 33.1 Å². The summed E-state index contributed by atoms with van der Waals surface area (Å²) in [5.41, 5.74) is 0. The van der Waals surface area contributed by atoms with Crippen molar-refractivity contribution in [1.82, 2.24) is 9.80 Å². The smallest absolute Gasteiger partial charge is 0.219 e. The van der Waals surface area contributed by atoms with Crippen LogP contribution in [0, 0.1) is 5.92 Å². The average Bonchev–Trinajstić information content (AvgIpc) is 2.34. The van der Waals surface area contributed by atoms with Crippen molar-refractivity contribution in [3.8, 4) is 0 Å². The Labute approximate surface area is 115 Å². The predicted molar refractivity (Wildman–Crippen MR) is 80.8 cm³/mol. The van der Waals surface area contributed by atoms with E-state index in [4.69, 9.17) is 0 Å². The highest BCUT2D eigenvalue weighted by Crippen LogP contribution is 2.10. The second-order valence-electron chi connectivity index (χ2n) is 5.24. The summed E-state index contributed by atoms with van der Waals surface area (Å²) in [5.74, 6) is 0.916. The van der Waals surface area contributed by atoms with Gasteiger partial charge in [0.2, 0.25) is 5.91 Å². The van der Waals surface area contributed by atoms with E-state index in [0.29, 0.717) is 6.04 Å². The molecule has 110 valence electrons. The summed E-state index contributed by atoms with van der Waals surface area (Å²) in [6.07, 6.45) is 2.51. The van der Waals surface area contributed by atoms with Gasteiger partial charge in [-0.3, -0.25) is 4.79 Å². The fourth-order valence-electron chi connectivity index (χ4n) is 1.48. The molecule has 0 aliphatic heterocycles. The number of rotatable bonds is 7. The summed E-state index contributed by atoms with van der Waals surface area (Å²) in [6, 6.07) is 0.600. The summed E-state index contributed by atoms with van der Waals surface area (Å²) in [6.45, 7) is 14.2. The predicted octanol–water partition coefficient (Wildman–Crippen LogP) is 3.25. The van der Waals surface area contributed by atoms with E-state index in [2.05, 4.69) is 32.7 Å². The van der Waals surface area contributed by atoms with Crippen molar-refractivity contribution in [2.45, 2.75) is 60.4 Å². The Kier molecular flexibility index (Phi) is 12.6. The number of hydrogen-bond acceptors (Lipinski definition) is 2. The highest BCUT2D eigenvalue weighted by Gasteiger charge is 2.11. The van der Waals surface area contributed by atoms with Crippen LogP contribution in [0.1, 0.15) is 54.4 Å². The molecule has 0 rings (SSSR count). The van der Waals surface area contributed by atoms with Crippen LogP contribution in [0.15, 0.2) is 0 Å². The first kappa shape index (κ1) is 19.8. The van der Waals surface area contributed by atoms with Crippen LogP contribution in [0.2, 0.25) is 0 Å². The Morgan fingerprint density at radius 3 is 1.89 bits per heavy atom. The van der Waals surface area contributed by atoms with Crippen LogP contribution in [0.5, 0.6) is 0 Å². The molecule has 0 aromatic rings. The minimum Gasteiger partial charge on any atom is -0.345 e. The van der Waals surface area contributed by atoms with Crippen LogP contribution in [0.3, 0.4) is 0 Å². The lowest BCUT2D eigenvalue weighted by Crippen LogP contribution is -2.37. The van der Waals surface area contributed by atoms with Gasteiger partial charge in [0.15, 0.2) is 0 Å². The lowest BCUT2D eigenvalue weighted by atomic mass is 10.0. The lowest BCUT2D eigenvalue weighted by Gasteiger charge is -2.27. The molecule has 0 radical (unpaired) electrons. The van der Waals surface area contributed by atoms with Gasteiger partial charge in [0.1, 0.15) is 0 Å². The van der Waals surface area contributed by atoms with Crippen LogP contribution in [-0.2, 0) is 4.79 Å². The maximum atomic E-state index is 11.0. The van der Waals surface area contributed by atoms with Crippen LogP contribution in [0.25, 0.3) is 0 Å². The van der Waals surface area contributed by atoms with Crippen molar-refractivity contribution in [2.75, 3.05) is 27.2 Å². The Morgan fingerprint density at radius 1 is 1.00 bits per heavy atom. The quantitative estimate of drug-likeness (QED) is 0.700. The van der Waals surface area contributed by atoms with Crippen LogP contribution in [0.4, 0.5) is 0 Å². The van der Waals surface area contributed by atoms with Crippen LogP contribution >= 0.6 is 0 Å². The molecule has 18 heavy (non-hydrogen) atoms. The van der Waals surface area contributed by atoms with Crippen molar-refractivity contribution in [3.63, 3.8) is 0 Å². The summed E-state index contributed by atoms with van der Waals surface area (Å²) >= 11 is 0. The van der Waals surface area contributed by atoms with Gasteiger partial charge in [0.05, 0.1) is 0 Å². The Balaban J connectivity index is 0. The molecular weight excluding hydrogens is 224 g/mol. The van der Waals surface area contributed by atoms with Crippen molar-refractivity contribution >= 4 is 5.91 Å². The fourth-order valence-corrected chi connectivity index (χ4v) is 1.48. The Bertz CT molecular complexity index is 205. The standard InChI is InChI=1S/C13H28N2O.C2H6/c1-11(2)7-8-12(3)14(5)9-10-15(6)13(4)16;1-2/h11-12H,7-10H2,1-6H3;1-2H3. The molecule has 0 aliphatic carbocycles. The molecular formula is C15H34N2O. The molecule has 1 unspecified atom stereocenters. The molecule has 0 saturated heterocycles. The van der Waals surface area contributed by atoms with E-state index >= 15 is 0 Å². The highest BCUT2D eigenvalue weighted by atomic mass is 16.2. The topological polar surface area (TPSA) is 23.6 Å². The molecule has 0 aromatic carbocycles. The van der Waals surface area contributed by atoms with Gasteiger partial charge in [-0.15, -0.1) is 0 Å². The van der Waals surface area contributed by atoms with Crippen molar-refractivity contribution in [1.29, 1.82) is 0 Å². The normalized spacial score (nSPS) is 12.1. The molecule has 0 aliphatic rings. The first-order chi connectivity index (χ1) is 8.34. The van der Waals surface area contributed by atoms with Crippen molar-refractivity contribution in [2.24, 2.45) is 5.92 Å². The van der Waals surface area contributed by atoms with Crippen LogP contribution < -0.4 is 0 Å². The van der Waals surface area contributed by atoms with E-state index in [1.165, 1.54) is 12.8 Å². The third-order valence-corrected chi connectivity index (χ3v) is 3.24. The summed E-state index contributed by atoms with van der Waals surface area (Å²) in [5, 5.41) is 0. The molecule has 1 atom stereocenters. The maximum absolute atomic E-state index is 11.0. The molecule has 1 amide bonds. The maximum Gasteiger partial charge on any atom is 0.219 e. The largest absolute Gasteiger partial charge is 0.345 e. The minimum absolute atomic E-state index is 0.142. The zero-order valence-corrected chi connectivity index (χ0v) is 13.8. The van der Waals surface area contributed by atoms with E-state index in [1.54, 1.807) is 11.8 Å². The molecule has 0 N–H and O–H groups in total. The number of carbonyl (C=O) groups excluding carboxylic acids is 1. The van der Waals surface area contributed by atoms with Gasteiger partial charge in [-0.2, -0.15) is 0 Å². The Hall–Kier alpha value is -0.570. The number of amides is 1. The van der Waals surface area contributed by atoms with Crippen molar-refractivity contribution < 1.29 is 4.79 Å². The summed E-state index contributed by atoms with van der Waals surface area (Å²) < 4.78 is 0. The third kappa shape index (κ3) is 10.6. The van der Waals surface area contributed by atoms with E-state index in [0.717, 1.165) is 19.0 Å². The Morgan fingerprint density at radius 2 is 1.50 bits per heavy atom. The number of likely N-dealkylation sites (N-methyl/N-ethyl adjacent to an activating group) is 2. The van der Waals surface area contributed by atoms with E-state index < -0.39 is 0 Å².